The zero-order valence-electron chi connectivity index (χ0n) is 11.1. The van der Waals surface area contributed by atoms with Crippen molar-refractivity contribution in [2.45, 2.75) is 0 Å². The quantitative estimate of drug-likeness (QED) is 0.857. The molecule has 0 aromatic heterocycles. The minimum atomic E-state index is -1.17. The zero-order chi connectivity index (χ0) is 14.7. The van der Waals surface area contributed by atoms with E-state index in [9.17, 15) is 14.0 Å². The predicted molar refractivity (Wildman–Crippen MR) is 71.4 cm³/mol. The Morgan fingerprint density at radius 3 is 2.50 bits per heavy atom. The summed E-state index contributed by atoms with van der Waals surface area (Å²) in [6.45, 7) is 2.63. The van der Waals surface area contributed by atoms with E-state index in [1.807, 2.05) is 7.05 Å². The predicted octanol–water partition coefficient (Wildman–Crippen LogP) is 1.30. The molecule has 1 aromatic carbocycles. The molecule has 108 valence electrons. The molecule has 0 atom stereocenters. The fourth-order valence-electron chi connectivity index (χ4n) is 1.96. The van der Waals surface area contributed by atoms with Gasteiger partial charge in [0.15, 0.2) is 0 Å². The average molecular weight is 281 g/mol. The summed E-state index contributed by atoms with van der Waals surface area (Å²) in [7, 11) is 1.96. The van der Waals surface area contributed by atoms with Crippen LogP contribution in [0.1, 0.15) is 10.4 Å². The number of urea groups is 1. The Balaban J connectivity index is 2.07. The Morgan fingerprint density at radius 2 is 1.90 bits per heavy atom. The molecule has 7 heteroatoms. The van der Waals surface area contributed by atoms with Gasteiger partial charge in [-0.2, -0.15) is 0 Å². The van der Waals surface area contributed by atoms with Crippen molar-refractivity contribution in [3.05, 3.63) is 29.6 Å². The number of piperazine rings is 1. The maximum Gasteiger partial charge on any atom is 0.335 e. The summed E-state index contributed by atoms with van der Waals surface area (Å²) in [6, 6.07) is 2.89. The number of carbonyl (C=O) groups is 2. The van der Waals surface area contributed by atoms with Gasteiger partial charge in [0.1, 0.15) is 5.82 Å². The van der Waals surface area contributed by atoms with Gasteiger partial charge in [-0.05, 0) is 25.2 Å². The Labute approximate surface area is 115 Å². The van der Waals surface area contributed by atoms with Gasteiger partial charge in [-0.15, -0.1) is 0 Å². The van der Waals surface area contributed by atoms with E-state index in [2.05, 4.69) is 10.2 Å². The zero-order valence-corrected chi connectivity index (χ0v) is 11.1. The topological polar surface area (TPSA) is 72.9 Å². The molecule has 1 aliphatic heterocycles. The monoisotopic (exact) mass is 281 g/mol. The fourth-order valence-corrected chi connectivity index (χ4v) is 1.96. The number of nitrogens with zero attached hydrogens (tertiary/aromatic N) is 2. The van der Waals surface area contributed by atoms with Crippen LogP contribution in [0.4, 0.5) is 14.9 Å². The van der Waals surface area contributed by atoms with E-state index in [1.165, 1.54) is 0 Å². The second kappa shape index (κ2) is 5.87. The Morgan fingerprint density at radius 1 is 1.25 bits per heavy atom. The van der Waals surface area contributed by atoms with Crippen molar-refractivity contribution in [2.75, 3.05) is 38.5 Å². The Hall–Kier alpha value is -2.15. The third-order valence-electron chi connectivity index (χ3n) is 3.25. The molecule has 0 radical (unpaired) electrons. The minimum Gasteiger partial charge on any atom is -0.478 e. The first-order valence-electron chi connectivity index (χ1n) is 6.24. The molecule has 6 nitrogen and oxygen atoms in total. The summed E-state index contributed by atoms with van der Waals surface area (Å²) in [4.78, 5) is 26.5. The van der Waals surface area contributed by atoms with Gasteiger partial charge in [0, 0.05) is 26.2 Å². The number of hydrogen-bond acceptors (Lipinski definition) is 3. The van der Waals surface area contributed by atoms with E-state index in [1.54, 1.807) is 4.90 Å². The summed E-state index contributed by atoms with van der Waals surface area (Å²) in [5.74, 6) is -1.82. The fraction of sp³-hybridized carbons (Fsp3) is 0.385. The highest BCUT2D eigenvalue weighted by atomic mass is 19.1. The van der Waals surface area contributed by atoms with Crippen molar-refractivity contribution >= 4 is 17.7 Å². The maximum absolute atomic E-state index is 13.6. The molecule has 0 saturated carbocycles. The van der Waals surface area contributed by atoms with Crippen molar-refractivity contribution in [3.63, 3.8) is 0 Å². The third kappa shape index (κ3) is 3.24. The first-order valence-corrected chi connectivity index (χ1v) is 6.24. The van der Waals surface area contributed by atoms with Crippen LogP contribution in [-0.4, -0.2) is 60.1 Å². The highest BCUT2D eigenvalue weighted by molar-refractivity contribution is 5.93. The summed E-state index contributed by atoms with van der Waals surface area (Å²) < 4.78 is 13.6. The van der Waals surface area contributed by atoms with Crippen LogP contribution in [0.15, 0.2) is 18.2 Å². The molecule has 1 aromatic rings. The first kappa shape index (κ1) is 14.3. The number of nitrogens with one attached hydrogen (secondary N) is 1. The molecule has 2 amide bonds. The van der Waals surface area contributed by atoms with Crippen molar-refractivity contribution < 1.29 is 19.1 Å². The number of halogens is 1. The lowest BCUT2D eigenvalue weighted by molar-refractivity contribution is 0.0697. The number of hydrogen-bond donors (Lipinski definition) is 2. The molecular weight excluding hydrogens is 265 g/mol. The van der Waals surface area contributed by atoms with Crippen LogP contribution in [0.5, 0.6) is 0 Å². The number of carboxylic acid groups (broad SMARTS) is 1. The molecule has 1 aliphatic rings. The van der Waals surface area contributed by atoms with Gasteiger partial charge in [-0.25, -0.2) is 14.0 Å². The normalized spacial score (nSPS) is 16.0. The SMILES string of the molecule is CN1CCN(C(=O)Nc2cc(C(=O)O)ccc2F)CC1. The smallest absolute Gasteiger partial charge is 0.335 e. The summed E-state index contributed by atoms with van der Waals surface area (Å²) in [5.41, 5.74) is -0.186. The summed E-state index contributed by atoms with van der Waals surface area (Å²) in [5, 5.41) is 11.3. The lowest BCUT2D eigenvalue weighted by atomic mass is 10.2. The molecule has 0 unspecified atom stereocenters. The number of aromatic carboxylic acids is 1. The van der Waals surface area contributed by atoms with Crippen molar-refractivity contribution in [1.29, 1.82) is 0 Å². The van der Waals surface area contributed by atoms with E-state index >= 15 is 0 Å². The number of carbonyl (C=O) groups excluding carboxylic acids is 1. The van der Waals surface area contributed by atoms with E-state index in [0.717, 1.165) is 31.3 Å². The molecular formula is C13H16FN3O3. The number of benzene rings is 1. The van der Waals surface area contributed by atoms with Gasteiger partial charge in [-0.1, -0.05) is 0 Å². The lowest BCUT2D eigenvalue weighted by Gasteiger charge is -2.32. The first-order chi connectivity index (χ1) is 9.47. The molecule has 1 heterocycles. The van der Waals surface area contributed by atoms with Gasteiger partial charge >= 0.3 is 12.0 Å². The number of anilines is 1. The van der Waals surface area contributed by atoms with E-state index < -0.39 is 17.8 Å². The number of rotatable bonds is 2. The maximum atomic E-state index is 13.6. The molecule has 0 bridgehead atoms. The largest absolute Gasteiger partial charge is 0.478 e. The lowest BCUT2D eigenvalue weighted by Crippen LogP contribution is -2.48. The highest BCUT2D eigenvalue weighted by Crippen LogP contribution is 2.17. The number of likely N-dealkylation sites (N-methyl/N-ethyl adjacent to an activating group) is 1. The number of amides is 2. The van der Waals surface area contributed by atoms with Crippen LogP contribution >= 0.6 is 0 Å². The molecule has 1 fully saturated rings. The second-order valence-electron chi connectivity index (χ2n) is 4.72. The third-order valence-corrected chi connectivity index (χ3v) is 3.25. The minimum absolute atomic E-state index is 0.0694. The van der Waals surface area contributed by atoms with Crippen LogP contribution in [-0.2, 0) is 0 Å². The molecule has 0 aliphatic carbocycles. The van der Waals surface area contributed by atoms with Crippen LogP contribution in [0.25, 0.3) is 0 Å². The summed E-state index contributed by atoms with van der Waals surface area (Å²) >= 11 is 0. The molecule has 20 heavy (non-hydrogen) atoms. The van der Waals surface area contributed by atoms with Gasteiger partial charge in [-0.3, -0.25) is 0 Å². The van der Waals surface area contributed by atoms with Crippen LogP contribution in [0, 0.1) is 5.82 Å². The molecule has 0 spiro atoms. The van der Waals surface area contributed by atoms with Crippen LogP contribution in [0.3, 0.4) is 0 Å². The van der Waals surface area contributed by atoms with Gasteiger partial charge in [0.05, 0.1) is 11.3 Å². The molecule has 2 rings (SSSR count). The Bertz CT molecular complexity index is 528. The molecule has 1 saturated heterocycles. The van der Waals surface area contributed by atoms with Crippen LogP contribution in [0.2, 0.25) is 0 Å². The van der Waals surface area contributed by atoms with Crippen LogP contribution < -0.4 is 5.32 Å². The summed E-state index contributed by atoms with van der Waals surface area (Å²) in [6.07, 6.45) is 0. The van der Waals surface area contributed by atoms with Gasteiger partial charge < -0.3 is 20.2 Å². The van der Waals surface area contributed by atoms with E-state index in [-0.39, 0.29) is 11.3 Å². The average Bonchev–Trinajstić information content (AvgIpc) is 2.41. The van der Waals surface area contributed by atoms with Crippen molar-refractivity contribution in [3.8, 4) is 0 Å². The van der Waals surface area contributed by atoms with E-state index in [0.29, 0.717) is 13.1 Å². The second-order valence-corrected chi connectivity index (χ2v) is 4.72. The number of carboxylic acids is 1. The van der Waals surface area contributed by atoms with Gasteiger partial charge in [0.2, 0.25) is 0 Å². The van der Waals surface area contributed by atoms with Crippen molar-refractivity contribution in [2.24, 2.45) is 0 Å². The van der Waals surface area contributed by atoms with Crippen molar-refractivity contribution in [1.82, 2.24) is 9.80 Å². The molecule has 2 N–H and O–H groups in total. The standard InChI is InChI=1S/C13H16FN3O3/c1-16-4-6-17(7-5-16)13(20)15-11-8-9(12(18)19)2-3-10(11)14/h2-3,8H,4-7H2,1H3,(H,15,20)(H,18,19). The Kier molecular flexibility index (Phi) is 4.19. The highest BCUT2D eigenvalue weighted by Gasteiger charge is 2.20. The van der Waals surface area contributed by atoms with E-state index in [4.69, 9.17) is 5.11 Å². The van der Waals surface area contributed by atoms with Gasteiger partial charge in [0.25, 0.3) is 0 Å².